The highest BCUT2D eigenvalue weighted by Gasteiger charge is 2.39. The molecule has 1 aliphatic heterocycles. The van der Waals surface area contributed by atoms with Gasteiger partial charge in [0.25, 0.3) is 0 Å². The van der Waals surface area contributed by atoms with Crippen LogP contribution in [0.1, 0.15) is 26.3 Å². The number of amides is 2. The van der Waals surface area contributed by atoms with E-state index in [1.807, 2.05) is 6.07 Å². The SMILES string of the molecule is CC1CN(C(=O)NC(C)(C(=O)O)c2ccccc2)CC1C. The van der Waals surface area contributed by atoms with Gasteiger partial charge >= 0.3 is 12.0 Å². The predicted molar refractivity (Wildman–Crippen MR) is 79.9 cm³/mol. The molecule has 0 saturated carbocycles. The summed E-state index contributed by atoms with van der Waals surface area (Å²) < 4.78 is 0. The minimum atomic E-state index is -1.42. The van der Waals surface area contributed by atoms with Crippen molar-refractivity contribution < 1.29 is 14.7 Å². The van der Waals surface area contributed by atoms with Gasteiger partial charge in [-0.05, 0) is 24.3 Å². The minimum absolute atomic E-state index is 0.319. The first-order valence-corrected chi connectivity index (χ1v) is 7.20. The monoisotopic (exact) mass is 290 g/mol. The van der Waals surface area contributed by atoms with Crippen molar-refractivity contribution in [2.45, 2.75) is 26.3 Å². The van der Waals surface area contributed by atoms with E-state index in [9.17, 15) is 14.7 Å². The molecule has 3 atom stereocenters. The molecule has 0 aromatic heterocycles. The van der Waals surface area contributed by atoms with Crippen molar-refractivity contribution in [3.05, 3.63) is 35.9 Å². The maximum atomic E-state index is 12.4. The van der Waals surface area contributed by atoms with Gasteiger partial charge in [-0.3, -0.25) is 0 Å². The lowest BCUT2D eigenvalue weighted by Crippen LogP contribution is -2.53. The summed E-state index contributed by atoms with van der Waals surface area (Å²) in [5, 5.41) is 12.2. The number of carboxylic acid groups (broad SMARTS) is 1. The summed E-state index contributed by atoms with van der Waals surface area (Å²) in [5.74, 6) is -0.200. The van der Waals surface area contributed by atoms with E-state index in [4.69, 9.17) is 0 Å². The second-order valence-electron chi connectivity index (χ2n) is 6.09. The number of hydrogen-bond donors (Lipinski definition) is 2. The van der Waals surface area contributed by atoms with Crippen LogP contribution in [0, 0.1) is 11.8 Å². The smallest absolute Gasteiger partial charge is 0.333 e. The highest BCUT2D eigenvalue weighted by molar-refractivity contribution is 5.87. The Balaban J connectivity index is 2.18. The highest BCUT2D eigenvalue weighted by atomic mass is 16.4. The maximum absolute atomic E-state index is 12.4. The van der Waals surface area contributed by atoms with Crippen molar-refractivity contribution in [1.82, 2.24) is 10.2 Å². The van der Waals surface area contributed by atoms with Gasteiger partial charge in [0.15, 0.2) is 5.54 Å². The molecule has 1 saturated heterocycles. The summed E-state index contributed by atoms with van der Waals surface area (Å²) in [4.78, 5) is 25.7. The molecule has 0 aliphatic carbocycles. The van der Waals surface area contributed by atoms with Gasteiger partial charge in [-0.2, -0.15) is 0 Å². The first-order chi connectivity index (χ1) is 9.84. The molecular weight excluding hydrogens is 268 g/mol. The molecule has 0 radical (unpaired) electrons. The molecule has 1 heterocycles. The number of rotatable bonds is 3. The average molecular weight is 290 g/mol. The van der Waals surface area contributed by atoms with E-state index < -0.39 is 11.5 Å². The molecule has 2 N–H and O–H groups in total. The van der Waals surface area contributed by atoms with E-state index in [2.05, 4.69) is 19.2 Å². The van der Waals surface area contributed by atoms with Crippen LogP contribution in [0.4, 0.5) is 4.79 Å². The molecule has 5 nitrogen and oxygen atoms in total. The van der Waals surface area contributed by atoms with Gasteiger partial charge < -0.3 is 15.3 Å². The average Bonchev–Trinajstić information content (AvgIpc) is 2.79. The largest absolute Gasteiger partial charge is 0.479 e. The van der Waals surface area contributed by atoms with Crippen LogP contribution in [-0.2, 0) is 10.3 Å². The van der Waals surface area contributed by atoms with Crippen LogP contribution in [0.15, 0.2) is 30.3 Å². The molecule has 5 heteroatoms. The Morgan fingerprint density at radius 2 is 1.71 bits per heavy atom. The summed E-state index contributed by atoms with van der Waals surface area (Å²) in [6.45, 7) is 7.05. The van der Waals surface area contributed by atoms with Crippen molar-refractivity contribution in [3.8, 4) is 0 Å². The normalized spacial score (nSPS) is 24.4. The zero-order valence-corrected chi connectivity index (χ0v) is 12.7. The van der Waals surface area contributed by atoms with Crippen LogP contribution < -0.4 is 5.32 Å². The van der Waals surface area contributed by atoms with Gasteiger partial charge in [-0.25, -0.2) is 9.59 Å². The maximum Gasteiger partial charge on any atom is 0.333 e. The Labute approximate surface area is 125 Å². The number of hydrogen-bond acceptors (Lipinski definition) is 2. The van der Waals surface area contributed by atoms with Crippen molar-refractivity contribution in [2.24, 2.45) is 11.8 Å². The topological polar surface area (TPSA) is 69.6 Å². The molecular formula is C16H22N2O3. The van der Waals surface area contributed by atoms with Crippen LogP contribution in [0.5, 0.6) is 0 Å². The fraction of sp³-hybridized carbons (Fsp3) is 0.500. The molecule has 21 heavy (non-hydrogen) atoms. The van der Waals surface area contributed by atoms with Crippen molar-refractivity contribution >= 4 is 12.0 Å². The Kier molecular flexibility index (Phi) is 4.21. The third kappa shape index (κ3) is 3.01. The van der Waals surface area contributed by atoms with E-state index >= 15 is 0 Å². The number of carboxylic acids is 1. The van der Waals surface area contributed by atoms with Crippen LogP contribution in [0.2, 0.25) is 0 Å². The first-order valence-electron chi connectivity index (χ1n) is 7.20. The van der Waals surface area contributed by atoms with E-state index in [0.29, 0.717) is 30.5 Å². The molecule has 1 aliphatic rings. The van der Waals surface area contributed by atoms with Crippen molar-refractivity contribution in [1.29, 1.82) is 0 Å². The molecule has 114 valence electrons. The highest BCUT2D eigenvalue weighted by Crippen LogP contribution is 2.25. The molecule has 2 amide bonds. The zero-order chi connectivity index (χ0) is 15.6. The fourth-order valence-electron chi connectivity index (χ4n) is 2.61. The fourth-order valence-corrected chi connectivity index (χ4v) is 2.61. The first kappa shape index (κ1) is 15.4. The van der Waals surface area contributed by atoms with Gasteiger partial charge in [0.2, 0.25) is 0 Å². The molecule has 2 rings (SSSR count). The minimum Gasteiger partial charge on any atom is -0.479 e. The molecule has 0 bridgehead atoms. The van der Waals surface area contributed by atoms with Crippen molar-refractivity contribution in [2.75, 3.05) is 13.1 Å². The predicted octanol–water partition coefficient (Wildman–Crippen LogP) is 2.28. The molecule has 3 unspecified atom stereocenters. The molecule has 0 spiro atoms. The lowest BCUT2D eigenvalue weighted by atomic mass is 9.92. The number of aliphatic carboxylic acids is 1. The number of likely N-dealkylation sites (tertiary alicyclic amines) is 1. The lowest BCUT2D eigenvalue weighted by molar-refractivity contribution is -0.144. The Hall–Kier alpha value is -2.04. The summed E-state index contributed by atoms with van der Waals surface area (Å²) >= 11 is 0. The Morgan fingerprint density at radius 1 is 1.19 bits per heavy atom. The summed E-state index contributed by atoms with van der Waals surface area (Å²) in [7, 11) is 0. The molecule has 1 aromatic rings. The molecule has 1 fully saturated rings. The second-order valence-corrected chi connectivity index (χ2v) is 6.09. The molecule has 1 aromatic carbocycles. The van der Waals surface area contributed by atoms with Crippen molar-refractivity contribution in [3.63, 3.8) is 0 Å². The van der Waals surface area contributed by atoms with Crippen LogP contribution >= 0.6 is 0 Å². The number of benzene rings is 1. The van der Waals surface area contributed by atoms with E-state index in [0.717, 1.165) is 0 Å². The third-order valence-corrected chi connectivity index (χ3v) is 4.41. The van der Waals surface area contributed by atoms with E-state index in [1.165, 1.54) is 6.92 Å². The van der Waals surface area contributed by atoms with E-state index in [-0.39, 0.29) is 6.03 Å². The summed E-state index contributed by atoms with van der Waals surface area (Å²) in [6.07, 6.45) is 0. The summed E-state index contributed by atoms with van der Waals surface area (Å²) in [6, 6.07) is 8.45. The number of urea groups is 1. The van der Waals surface area contributed by atoms with Gasteiger partial charge in [0, 0.05) is 13.1 Å². The third-order valence-electron chi connectivity index (χ3n) is 4.41. The van der Waals surface area contributed by atoms with Gasteiger partial charge in [-0.15, -0.1) is 0 Å². The van der Waals surface area contributed by atoms with Crippen LogP contribution in [0.25, 0.3) is 0 Å². The number of carbonyl (C=O) groups excluding carboxylic acids is 1. The number of nitrogens with zero attached hydrogens (tertiary/aromatic N) is 1. The zero-order valence-electron chi connectivity index (χ0n) is 12.7. The van der Waals surface area contributed by atoms with Gasteiger partial charge in [0.1, 0.15) is 0 Å². The van der Waals surface area contributed by atoms with Gasteiger partial charge in [-0.1, -0.05) is 44.2 Å². The van der Waals surface area contributed by atoms with Gasteiger partial charge in [0.05, 0.1) is 0 Å². The van der Waals surface area contributed by atoms with E-state index in [1.54, 1.807) is 29.2 Å². The van der Waals surface area contributed by atoms with Crippen LogP contribution in [-0.4, -0.2) is 35.1 Å². The summed E-state index contributed by atoms with van der Waals surface area (Å²) in [5.41, 5.74) is -0.862. The lowest BCUT2D eigenvalue weighted by Gasteiger charge is -2.29. The number of nitrogens with one attached hydrogen (secondary N) is 1. The second kappa shape index (κ2) is 5.76. The standard InChI is InChI=1S/C16H22N2O3/c1-11-9-18(10-12(11)2)15(21)17-16(3,14(19)20)13-7-5-4-6-8-13/h4-8,11-12H,9-10H2,1-3H3,(H,17,21)(H,19,20). The Bertz CT molecular complexity index is 522. The Morgan fingerprint density at radius 3 is 2.19 bits per heavy atom. The number of carbonyl (C=O) groups is 2. The van der Waals surface area contributed by atoms with Crippen LogP contribution in [0.3, 0.4) is 0 Å². The quantitative estimate of drug-likeness (QED) is 0.897.